The zero-order chi connectivity index (χ0) is 19.2. The number of hydrogen-bond donors (Lipinski definition) is 1. The minimum atomic E-state index is -0.00504. The van der Waals surface area contributed by atoms with Gasteiger partial charge in [0.15, 0.2) is 0 Å². The van der Waals surface area contributed by atoms with Crippen LogP contribution in [0.1, 0.15) is 34.3 Å². The lowest BCUT2D eigenvalue weighted by atomic mass is 10.1. The SMILES string of the molecule is Cc1ccc(CCC(=O)N2CCCN(C(=O)c3ccccc3S)CC2)cc1. The normalized spacial score (nSPS) is 14.7. The highest BCUT2D eigenvalue weighted by molar-refractivity contribution is 7.80. The highest BCUT2D eigenvalue weighted by Gasteiger charge is 2.23. The van der Waals surface area contributed by atoms with E-state index in [1.54, 1.807) is 6.07 Å². The van der Waals surface area contributed by atoms with Crippen molar-refractivity contribution >= 4 is 24.4 Å². The van der Waals surface area contributed by atoms with Crippen LogP contribution in [-0.2, 0) is 11.2 Å². The molecule has 0 spiro atoms. The highest BCUT2D eigenvalue weighted by atomic mass is 32.1. The number of hydrogen-bond acceptors (Lipinski definition) is 3. The first kappa shape index (κ1) is 19.5. The third-order valence-corrected chi connectivity index (χ3v) is 5.41. The quantitative estimate of drug-likeness (QED) is 0.821. The van der Waals surface area contributed by atoms with Gasteiger partial charge in [0, 0.05) is 37.5 Å². The average molecular weight is 383 g/mol. The van der Waals surface area contributed by atoms with Gasteiger partial charge in [-0.25, -0.2) is 0 Å². The Morgan fingerprint density at radius 1 is 0.926 bits per heavy atom. The minimum Gasteiger partial charge on any atom is -0.341 e. The Labute approximate surface area is 166 Å². The molecule has 0 radical (unpaired) electrons. The van der Waals surface area contributed by atoms with Gasteiger partial charge in [-0.2, -0.15) is 0 Å². The number of carbonyl (C=O) groups is 2. The third kappa shape index (κ3) is 5.13. The molecule has 5 heteroatoms. The summed E-state index contributed by atoms with van der Waals surface area (Å²) in [6.45, 7) is 4.59. The van der Waals surface area contributed by atoms with Crippen LogP contribution < -0.4 is 0 Å². The Kier molecular flexibility index (Phi) is 6.56. The summed E-state index contributed by atoms with van der Waals surface area (Å²) in [4.78, 5) is 29.8. The third-order valence-electron chi connectivity index (χ3n) is 5.02. The topological polar surface area (TPSA) is 40.6 Å². The molecular weight excluding hydrogens is 356 g/mol. The van der Waals surface area contributed by atoms with Crippen LogP contribution in [0.15, 0.2) is 53.4 Å². The first-order chi connectivity index (χ1) is 13.0. The van der Waals surface area contributed by atoms with Gasteiger partial charge in [-0.1, -0.05) is 42.0 Å². The molecule has 0 atom stereocenters. The monoisotopic (exact) mass is 382 g/mol. The van der Waals surface area contributed by atoms with Gasteiger partial charge in [-0.3, -0.25) is 9.59 Å². The number of carbonyl (C=O) groups excluding carboxylic acids is 2. The van der Waals surface area contributed by atoms with Gasteiger partial charge in [-0.15, -0.1) is 12.6 Å². The van der Waals surface area contributed by atoms with E-state index in [-0.39, 0.29) is 11.8 Å². The molecule has 0 unspecified atom stereocenters. The number of rotatable bonds is 4. The summed E-state index contributed by atoms with van der Waals surface area (Å²) in [6.07, 6.45) is 2.07. The molecule has 1 aliphatic rings. The Bertz CT molecular complexity index is 804. The predicted molar refractivity (Wildman–Crippen MR) is 110 cm³/mol. The largest absolute Gasteiger partial charge is 0.341 e. The maximum Gasteiger partial charge on any atom is 0.255 e. The molecule has 27 heavy (non-hydrogen) atoms. The molecule has 2 aromatic carbocycles. The van der Waals surface area contributed by atoms with Crippen molar-refractivity contribution in [3.8, 4) is 0 Å². The fourth-order valence-corrected chi connectivity index (χ4v) is 3.62. The van der Waals surface area contributed by atoms with E-state index in [2.05, 4.69) is 43.8 Å². The van der Waals surface area contributed by atoms with E-state index in [0.717, 1.165) is 12.8 Å². The van der Waals surface area contributed by atoms with Crippen molar-refractivity contribution in [3.05, 3.63) is 65.2 Å². The molecule has 4 nitrogen and oxygen atoms in total. The highest BCUT2D eigenvalue weighted by Crippen LogP contribution is 2.17. The summed E-state index contributed by atoms with van der Waals surface area (Å²) in [5.41, 5.74) is 3.04. The summed E-state index contributed by atoms with van der Waals surface area (Å²) in [7, 11) is 0. The molecule has 2 amide bonds. The molecule has 1 fully saturated rings. The van der Waals surface area contributed by atoms with Gasteiger partial charge in [0.1, 0.15) is 0 Å². The summed E-state index contributed by atoms with van der Waals surface area (Å²) in [5.74, 6) is 0.161. The first-order valence-electron chi connectivity index (χ1n) is 9.45. The Morgan fingerprint density at radius 2 is 1.59 bits per heavy atom. The molecular formula is C22H26N2O2S. The average Bonchev–Trinajstić information content (AvgIpc) is 2.93. The molecule has 0 bridgehead atoms. The van der Waals surface area contributed by atoms with E-state index >= 15 is 0 Å². The lowest BCUT2D eigenvalue weighted by Crippen LogP contribution is -2.37. The summed E-state index contributed by atoms with van der Waals surface area (Å²) in [6, 6.07) is 15.7. The van der Waals surface area contributed by atoms with Crippen molar-refractivity contribution in [1.29, 1.82) is 0 Å². The summed E-state index contributed by atoms with van der Waals surface area (Å²) < 4.78 is 0. The molecule has 1 aliphatic heterocycles. The van der Waals surface area contributed by atoms with Crippen LogP contribution >= 0.6 is 12.6 Å². The zero-order valence-electron chi connectivity index (χ0n) is 15.7. The van der Waals surface area contributed by atoms with Crippen molar-refractivity contribution in [2.45, 2.75) is 31.1 Å². The lowest BCUT2D eigenvalue weighted by Gasteiger charge is -2.22. The predicted octanol–water partition coefficient (Wildman–Crippen LogP) is 3.59. The van der Waals surface area contributed by atoms with Crippen molar-refractivity contribution < 1.29 is 9.59 Å². The molecule has 1 saturated heterocycles. The molecule has 0 aromatic heterocycles. The smallest absolute Gasteiger partial charge is 0.255 e. The molecule has 0 saturated carbocycles. The Balaban J connectivity index is 1.54. The lowest BCUT2D eigenvalue weighted by molar-refractivity contribution is -0.131. The van der Waals surface area contributed by atoms with Gasteiger partial charge in [0.25, 0.3) is 5.91 Å². The zero-order valence-corrected chi connectivity index (χ0v) is 16.6. The van der Waals surface area contributed by atoms with E-state index in [9.17, 15) is 9.59 Å². The molecule has 2 aromatic rings. The summed E-state index contributed by atoms with van der Waals surface area (Å²) >= 11 is 4.39. The number of nitrogens with zero attached hydrogens (tertiary/aromatic N) is 2. The van der Waals surface area contributed by atoms with Gasteiger partial charge >= 0.3 is 0 Å². The Morgan fingerprint density at radius 3 is 2.33 bits per heavy atom. The van der Waals surface area contributed by atoms with Crippen LogP contribution in [-0.4, -0.2) is 47.8 Å². The van der Waals surface area contributed by atoms with E-state index in [1.807, 2.05) is 28.0 Å². The Hall–Kier alpha value is -2.27. The second kappa shape index (κ2) is 9.09. The van der Waals surface area contributed by atoms with Crippen LogP contribution in [0.5, 0.6) is 0 Å². The maximum absolute atomic E-state index is 12.8. The molecule has 142 valence electrons. The van der Waals surface area contributed by atoms with Crippen LogP contribution in [0.4, 0.5) is 0 Å². The van der Waals surface area contributed by atoms with E-state index in [1.165, 1.54) is 11.1 Å². The van der Waals surface area contributed by atoms with E-state index in [4.69, 9.17) is 0 Å². The van der Waals surface area contributed by atoms with E-state index in [0.29, 0.717) is 43.1 Å². The van der Waals surface area contributed by atoms with Crippen LogP contribution in [0.3, 0.4) is 0 Å². The molecule has 0 N–H and O–H groups in total. The fourth-order valence-electron chi connectivity index (χ4n) is 3.36. The maximum atomic E-state index is 12.8. The van der Waals surface area contributed by atoms with Crippen LogP contribution in [0.25, 0.3) is 0 Å². The van der Waals surface area contributed by atoms with Crippen molar-refractivity contribution in [2.24, 2.45) is 0 Å². The standard InChI is InChI=1S/C22H26N2O2S/c1-17-7-9-18(10-8-17)11-12-21(25)23-13-4-14-24(16-15-23)22(26)19-5-2-3-6-20(19)27/h2-3,5-10,27H,4,11-16H2,1H3. The molecule has 3 rings (SSSR count). The minimum absolute atomic E-state index is 0.00504. The van der Waals surface area contributed by atoms with Gasteiger partial charge in [0.05, 0.1) is 5.56 Å². The first-order valence-corrected chi connectivity index (χ1v) is 9.90. The van der Waals surface area contributed by atoms with Crippen molar-refractivity contribution in [3.63, 3.8) is 0 Å². The van der Waals surface area contributed by atoms with Gasteiger partial charge in [-0.05, 0) is 37.5 Å². The van der Waals surface area contributed by atoms with Crippen LogP contribution in [0.2, 0.25) is 0 Å². The van der Waals surface area contributed by atoms with Gasteiger partial charge in [0.2, 0.25) is 5.91 Å². The van der Waals surface area contributed by atoms with E-state index < -0.39 is 0 Å². The second-order valence-corrected chi connectivity index (χ2v) is 7.51. The number of amides is 2. The molecule has 0 aliphatic carbocycles. The van der Waals surface area contributed by atoms with Crippen LogP contribution in [0, 0.1) is 6.92 Å². The van der Waals surface area contributed by atoms with Gasteiger partial charge < -0.3 is 9.80 Å². The number of aryl methyl sites for hydroxylation is 2. The van der Waals surface area contributed by atoms with Crippen molar-refractivity contribution in [1.82, 2.24) is 9.80 Å². The number of thiol groups is 1. The second-order valence-electron chi connectivity index (χ2n) is 7.03. The number of benzene rings is 2. The van der Waals surface area contributed by atoms with Crippen molar-refractivity contribution in [2.75, 3.05) is 26.2 Å². The summed E-state index contributed by atoms with van der Waals surface area (Å²) in [5, 5.41) is 0. The fraction of sp³-hybridized carbons (Fsp3) is 0.364. The molecule has 1 heterocycles.